The third-order valence-corrected chi connectivity index (χ3v) is 15.7. The predicted molar refractivity (Wildman–Crippen MR) is 353 cm³/mol. The maximum Gasteiger partial charge on any atom is 0.306 e. The highest BCUT2D eigenvalue weighted by atomic mass is 16.6. The van der Waals surface area contributed by atoms with Gasteiger partial charge in [0.2, 0.25) is 0 Å². The second-order valence-corrected chi connectivity index (χ2v) is 23.8. The molecule has 0 spiro atoms. The molecule has 0 aromatic rings. The van der Waals surface area contributed by atoms with Crippen LogP contribution < -0.4 is 0 Å². The van der Waals surface area contributed by atoms with Gasteiger partial charge in [0.25, 0.3) is 0 Å². The van der Waals surface area contributed by atoms with Crippen LogP contribution in [0, 0.1) is 0 Å². The van der Waals surface area contributed by atoms with Crippen LogP contribution in [0.15, 0.2) is 72.9 Å². The predicted octanol–water partition coefficient (Wildman–Crippen LogP) is 24.4. The quantitative estimate of drug-likeness (QED) is 0.0261. The van der Waals surface area contributed by atoms with E-state index in [0.717, 1.165) is 109 Å². The van der Waals surface area contributed by atoms with Crippen LogP contribution in [0.1, 0.15) is 367 Å². The maximum absolute atomic E-state index is 12.9. The first-order valence-electron chi connectivity index (χ1n) is 35.4. The lowest BCUT2D eigenvalue weighted by Crippen LogP contribution is -2.30. The first-order valence-corrected chi connectivity index (χ1v) is 35.4. The van der Waals surface area contributed by atoms with Crippen molar-refractivity contribution in [2.24, 2.45) is 0 Å². The smallest absolute Gasteiger partial charge is 0.306 e. The standard InChI is InChI=1S/C75H134O6/c1-4-7-10-13-16-19-22-25-27-29-31-32-33-34-35-36-37-38-39-40-41-42-44-45-47-50-53-56-59-62-65-68-74(77)80-71-72(70-79-73(76)67-64-61-58-55-52-49-24-21-18-15-12-9-6-3)81-75(78)69-66-63-60-57-54-51-48-46-43-30-28-26-23-20-17-14-11-8-5-2/h7,10,12,15-16,19,21,24-25,27,31-32,72H,4-6,8-9,11,13-14,17-18,20,22-23,26,28-30,33-71H2,1-3H3/b10-7-,15-12-,19-16-,24-21-,27-25-,32-31-. The summed E-state index contributed by atoms with van der Waals surface area (Å²) in [5, 5.41) is 0. The van der Waals surface area contributed by atoms with Gasteiger partial charge in [-0.05, 0) is 83.5 Å². The Morgan fingerprint density at radius 3 is 0.802 bits per heavy atom. The summed E-state index contributed by atoms with van der Waals surface area (Å²) in [6, 6.07) is 0. The van der Waals surface area contributed by atoms with E-state index in [4.69, 9.17) is 14.2 Å². The Kier molecular flexibility index (Phi) is 66.6. The average Bonchev–Trinajstić information content (AvgIpc) is 3.46. The second-order valence-electron chi connectivity index (χ2n) is 23.8. The third-order valence-electron chi connectivity index (χ3n) is 15.7. The Morgan fingerprint density at radius 1 is 0.259 bits per heavy atom. The zero-order valence-corrected chi connectivity index (χ0v) is 54.1. The van der Waals surface area contributed by atoms with Gasteiger partial charge >= 0.3 is 17.9 Å². The molecule has 0 bridgehead atoms. The number of allylic oxidation sites excluding steroid dienone is 12. The van der Waals surface area contributed by atoms with Crippen molar-refractivity contribution in [1.29, 1.82) is 0 Å². The van der Waals surface area contributed by atoms with Gasteiger partial charge in [-0.3, -0.25) is 14.4 Å². The maximum atomic E-state index is 12.9. The molecule has 0 rings (SSSR count). The molecule has 0 aromatic carbocycles. The number of ether oxygens (including phenoxy) is 3. The van der Waals surface area contributed by atoms with Gasteiger partial charge in [-0.2, -0.15) is 0 Å². The van der Waals surface area contributed by atoms with E-state index in [0.29, 0.717) is 19.3 Å². The normalized spacial score (nSPS) is 12.5. The van der Waals surface area contributed by atoms with E-state index in [1.807, 2.05) is 0 Å². The number of carbonyl (C=O) groups is 3. The fourth-order valence-electron chi connectivity index (χ4n) is 10.4. The molecule has 81 heavy (non-hydrogen) atoms. The molecule has 0 heterocycles. The van der Waals surface area contributed by atoms with Gasteiger partial charge in [-0.25, -0.2) is 0 Å². The van der Waals surface area contributed by atoms with E-state index in [-0.39, 0.29) is 31.1 Å². The number of carbonyl (C=O) groups excluding carboxylic acids is 3. The van der Waals surface area contributed by atoms with Crippen LogP contribution >= 0.6 is 0 Å². The lowest BCUT2D eigenvalue weighted by atomic mass is 10.0. The van der Waals surface area contributed by atoms with Crippen LogP contribution in [-0.4, -0.2) is 37.2 Å². The zero-order chi connectivity index (χ0) is 58.5. The summed E-state index contributed by atoms with van der Waals surface area (Å²) in [5.74, 6) is -0.865. The van der Waals surface area contributed by atoms with E-state index in [1.165, 1.54) is 218 Å². The Balaban J connectivity index is 4.18. The number of unbranched alkanes of at least 4 members (excludes halogenated alkanes) is 42. The van der Waals surface area contributed by atoms with Crippen molar-refractivity contribution in [1.82, 2.24) is 0 Å². The van der Waals surface area contributed by atoms with E-state index >= 15 is 0 Å². The number of hydrogen-bond acceptors (Lipinski definition) is 6. The summed E-state index contributed by atoms with van der Waals surface area (Å²) >= 11 is 0. The fourth-order valence-corrected chi connectivity index (χ4v) is 10.4. The van der Waals surface area contributed by atoms with Crippen molar-refractivity contribution in [3.8, 4) is 0 Å². The lowest BCUT2D eigenvalue weighted by Gasteiger charge is -2.18. The minimum Gasteiger partial charge on any atom is -0.462 e. The van der Waals surface area contributed by atoms with E-state index in [1.54, 1.807) is 0 Å². The molecule has 0 aliphatic heterocycles. The van der Waals surface area contributed by atoms with Crippen molar-refractivity contribution in [2.45, 2.75) is 374 Å². The molecule has 470 valence electrons. The van der Waals surface area contributed by atoms with Gasteiger partial charge < -0.3 is 14.2 Å². The first-order chi connectivity index (χ1) is 40.0. The molecule has 6 nitrogen and oxygen atoms in total. The second kappa shape index (κ2) is 69.3. The molecule has 0 saturated carbocycles. The van der Waals surface area contributed by atoms with Gasteiger partial charge in [0.1, 0.15) is 13.2 Å². The molecule has 0 amide bonds. The van der Waals surface area contributed by atoms with Gasteiger partial charge in [0.15, 0.2) is 6.10 Å². The fraction of sp³-hybridized carbons (Fsp3) is 0.800. The van der Waals surface area contributed by atoms with Gasteiger partial charge in [0, 0.05) is 19.3 Å². The van der Waals surface area contributed by atoms with Crippen molar-refractivity contribution >= 4 is 17.9 Å². The molecule has 0 aliphatic carbocycles. The molecule has 0 fully saturated rings. The highest BCUT2D eigenvalue weighted by Crippen LogP contribution is 2.18. The molecule has 0 N–H and O–H groups in total. The molecular weight excluding hydrogens is 997 g/mol. The topological polar surface area (TPSA) is 78.9 Å². The Labute approximate surface area is 503 Å². The van der Waals surface area contributed by atoms with Gasteiger partial charge in [-0.1, -0.05) is 338 Å². The average molecular weight is 1130 g/mol. The highest BCUT2D eigenvalue weighted by Gasteiger charge is 2.19. The van der Waals surface area contributed by atoms with Crippen LogP contribution in [0.4, 0.5) is 0 Å². The summed E-state index contributed by atoms with van der Waals surface area (Å²) in [5.41, 5.74) is 0. The van der Waals surface area contributed by atoms with E-state index in [2.05, 4.69) is 93.7 Å². The van der Waals surface area contributed by atoms with E-state index in [9.17, 15) is 14.4 Å². The summed E-state index contributed by atoms with van der Waals surface area (Å²) in [7, 11) is 0. The minimum atomic E-state index is -0.778. The monoisotopic (exact) mass is 1130 g/mol. The Hall–Kier alpha value is -3.15. The highest BCUT2D eigenvalue weighted by molar-refractivity contribution is 5.71. The molecule has 6 heteroatoms. The van der Waals surface area contributed by atoms with Gasteiger partial charge in [0.05, 0.1) is 0 Å². The summed E-state index contributed by atoms with van der Waals surface area (Å²) in [6.07, 6.45) is 90.8. The summed E-state index contributed by atoms with van der Waals surface area (Å²) in [6.45, 7) is 6.51. The number of hydrogen-bond donors (Lipinski definition) is 0. The number of esters is 3. The van der Waals surface area contributed by atoms with Crippen molar-refractivity contribution in [3.63, 3.8) is 0 Å². The SMILES string of the molecule is CC/C=C\C/C=C\C/C=C\C/C=C\CCCCCCCCCCCCCCCCCCCCC(=O)OCC(COC(=O)CCCCCCC/C=C\C/C=C\CCC)OC(=O)CCCCCCCCCCCCCCCCCCCCC. The number of rotatable bonds is 65. The molecule has 0 aliphatic rings. The largest absolute Gasteiger partial charge is 0.462 e. The molecule has 0 aromatic heterocycles. The van der Waals surface area contributed by atoms with Crippen molar-refractivity contribution in [3.05, 3.63) is 72.9 Å². The van der Waals surface area contributed by atoms with E-state index < -0.39 is 6.10 Å². The lowest BCUT2D eigenvalue weighted by molar-refractivity contribution is -0.167. The van der Waals surface area contributed by atoms with Crippen LogP contribution in [0.25, 0.3) is 0 Å². The minimum absolute atomic E-state index is 0.0743. The zero-order valence-electron chi connectivity index (χ0n) is 54.1. The third kappa shape index (κ3) is 67.5. The molecular formula is C75H134O6. The van der Waals surface area contributed by atoms with Crippen molar-refractivity contribution < 1.29 is 28.6 Å². The Morgan fingerprint density at radius 2 is 0.506 bits per heavy atom. The van der Waals surface area contributed by atoms with Gasteiger partial charge in [-0.15, -0.1) is 0 Å². The first kappa shape index (κ1) is 77.9. The van der Waals surface area contributed by atoms with Crippen LogP contribution in [0.5, 0.6) is 0 Å². The van der Waals surface area contributed by atoms with Crippen molar-refractivity contribution in [2.75, 3.05) is 13.2 Å². The Bertz CT molecular complexity index is 1490. The molecule has 1 unspecified atom stereocenters. The van der Waals surface area contributed by atoms with Crippen LogP contribution in [-0.2, 0) is 28.6 Å². The molecule has 1 atom stereocenters. The van der Waals surface area contributed by atoms with Crippen LogP contribution in [0.3, 0.4) is 0 Å². The summed E-state index contributed by atoms with van der Waals surface area (Å²) in [4.78, 5) is 38.4. The molecule has 0 radical (unpaired) electrons. The molecule has 0 saturated heterocycles. The summed E-state index contributed by atoms with van der Waals surface area (Å²) < 4.78 is 17.0. The van der Waals surface area contributed by atoms with Crippen LogP contribution in [0.2, 0.25) is 0 Å².